The van der Waals surface area contributed by atoms with E-state index < -0.39 is 26.8 Å². The molecule has 21 heavy (non-hydrogen) atoms. The number of aryl methyl sites for hydroxylation is 1. The first-order chi connectivity index (χ1) is 9.61. The van der Waals surface area contributed by atoms with Crippen LogP contribution in [0, 0.1) is 0 Å². The van der Waals surface area contributed by atoms with Gasteiger partial charge in [0.1, 0.15) is 0 Å². The van der Waals surface area contributed by atoms with Gasteiger partial charge in [-0.3, -0.25) is 14.4 Å². The topological polar surface area (TPSA) is 127 Å². The molecule has 7 nitrogen and oxygen atoms in total. The van der Waals surface area contributed by atoms with E-state index in [0.29, 0.717) is 12.8 Å². The molecule has 0 amide bonds. The van der Waals surface area contributed by atoms with E-state index in [2.05, 4.69) is 5.32 Å². The Kier molecular flexibility index (Phi) is 4.76. The zero-order valence-corrected chi connectivity index (χ0v) is 13.3. The minimum Gasteiger partial charge on any atom is -0.323 e. The van der Waals surface area contributed by atoms with E-state index in [1.807, 2.05) is 25.1 Å². The Morgan fingerprint density at radius 3 is 2.24 bits per heavy atom. The fourth-order valence-corrected chi connectivity index (χ4v) is 4.99. The lowest BCUT2D eigenvalue weighted by Gasteiger charge is -2.24. The van der Waals surface area contributed by atoms with E-state index in [0.717, 1.165) is 23.1 Å². The summed E-state index contributed by atoms with van der Waals surface area (Å²) in [6.07, 6.45) is 1.88. The molecular weight excluding hydrogens is 316 g/mol. The highest BCUT2D eigenvalue weighted by molar-refractivity contribution is 7.70. The zero-order valence-electron chi connectivity index (χ0n) is 11.5. The molecule has 2 rings (SSSR count). The Morgan fingerprint density at radius 1 is 1.14 bits per heavy atom. The molecule has 1 aromatic carbocycles. The number of rotatable bonds is 5. The summed E-state index contributed by atoms with van der Waals surface area (Å²) in [6, 6.07) is 5.59. The van der Waals surface area contributed by atoms with Crippen molar-refractivity contribution < 1.29 is 28.7 Å². The van der Waals surface area contributed by atoms with Gasteiger partial charge < -0.3 is 19.6 Å². The maximum absolute atomic E-state index is 11.3. The van der Waals surface area contributed by atoms with Gasteiger partial charge in [0.05, 0.1) is 0 Å². The fourth-order valence-electron chi connectivity index (χ4n) is 2.61. The van der Waals surface area contributed by atoms with E-state index in [1.54, 1.807) is 0 Å². The second kappa shape index (κ2) is 5.94. The molecule has 118 valence electrons. The Labute approximate surface area is 122 Å². The molecule has 1 unspecified atom stereocenters. The lowest BCUT2D eigenvalue weighted by molar-refractivity contribution is 0.320. The Hall–Kier alpha value is -0.520. The summed E-state index contributed by atoms with van der Waals surface area (Å²) in [7, 11) is -9.87. The van der Waals surface area contributed by atoms with Gasteiger partial charge in [-0.15, -0.1) is 0 Å². The molecule has 0 heterocycles. The summed E-state index contributed by atoms with van der Waals surface area (Å²) in [4.78, 5) is 36.5. The Morgan fingerprint density at radius 2 is 1.71 bits per heavy atom. The summed E-state index contributed by atoms with van der Waals surface area (Å²) in [5, 5.41) is 2.45. The molecule has 9 heteroatoms. The van der Waals surface area contributed by atoms with Crippen LogP contribution in [0.5, 0.6) is 0 Å². The molecular formula is C12H19NO6P2. The minimum atomic E-state index is -4.93. The smallest absolute Gasteiger partial charge is 0.323 e. The highest BCUT2D eigenvalue weighted by Gasteiger charge is 2.45. The van der Waals surface area contributed by atoms with Crippen LogP contribution in [-0.4, -0.2) is 31.1 Å². The van der Waals surface area contributed by atoms with E-state index in [4.69, 9.17) is 19.6 Å². The monoisotopic (exact) mass is 335 g/mol. The second-order valence-electron chi connectivity index (χ2n) is 5.28. The zero-order chi connectivity index (χ0) is 15.8. The van der Waals surface area contributed by atoms with E-state index >= 15 is 0 Å². The van der Waals surface area contributed by atoms with Crippen LogP contribution in [0.25, 0.3) is 0 Å². The summed E-state index contributed by atoms with van der Waals surface area (Å²) >= 11 is 0. The maximum Gasteiger partial charge on any atom is 0.354 e. The van der Waals surface area contributed by atoms with Crippen LogP contribution in [0.2, 0.25) is 0 Å². The second-order valence-corrected chi connectivity index (χ2v) is 9.08. The average molecular weight is 335 g/mol. The van der Waals surface area contributed by atoms with Crippen LogP contribution in [0.15, 0.2) is 18.2 Å². The maximum atomic E-state index is 11.3. The van der Waals surface area contributed by atoms with Crippen molar-refractivity contribution in [3.63, 3.8) is 0 Å². The molecule has 0 aromatic heterocycles. The van der Waals surface area contributed by atoms with Gasteiger partial charge >= 0.3 is 15.2 Å². The highest BCUT2D eigenvalue weighted by atomic mass is 31.2. The summed E-state index contributed by atoms with van der Waals surface area (Å²) in [6.45, 7) is 2.03. The predicted molar refractivity (Wildman–Crippen MR) is 78.0 cm³/mol. The van der Waals surface area contributed by atoms with E-state index in [1.165, 1.54) is 0 Å². The largest absolute Gasteiger partial charge is 0.354 e. The molecule has 0 fully saturated rings. The quantitative estimate of drug-likeness (QED) is 0.507. The molecule has 0 aliphatic heterocycles. The molecule has 0 saturated heterocycles. The summed E-state index contributed by atoms with van der Waals surface area (Å²) in [5.74, 6) is 0. The predicted octanol–water partition coefficient (Wildman–Crippen LogP) is 0.945. The van der Waals surface area contributed by atoms with Crippen molar-refractivity contribution in [1.82, 2.24) is 5.32 Å². The van der Waals surface area contributed by atoms with Crippen LogP contribution in [0.3, 0.4) is 0 Å². The lowest BCUT2D eigenvalue weighted by Crippen LogP contribution is -2.38. The number of hydrogen-bond donors (Lipinski definition) is 5. The van der Waals surface area contributed by atoms with E-state index in [9.17, 15) is 9.13 Å². The van der Waals surface area contributed by atoms with Crippen molar-refractivity contribution in [2.75, 3.05) is 0 Å². The lowest BCUT2D eigenvalue weighted by atomic mass is 10.1. The molecule has 0 radical (unpaired) electrons. The van der Waals surface area contributed by atoms with Crippen molar-refractivity contribution >= 4 is 15.2 Å². The Bertz CT molecular complexity index is 600. The first kappa shape index (κ1) is 16.8. The SMILES string of the molecule is CCc1ccc2c(c1)CC(NC(P(=O)(O)O)P(=O)(O)O)C2. The fraction of sp³-hybridized carbons (Fsp3) is 0.500. The van der Waals surface area contributed by atoms with Gasteiger partial charge in [-0.05, 0) is 36.0 Å². The van der Waals surface area contributed by atoms with Crippen LogP contribution < -0.4 is 5.32 Å². The van der Waals surface area contributed by atoms with Crippen molar-refractivity contribution in [3.05, 3.63) is 34.9 Å². The summed E-state index contributed by atoms with van der Waals surface area (Å²) < 4.78 is 22.6. The number of fused-ring (bicyclic) bond motifs is 1. The number of hydrogen-bond acceptors (Lipinski definition) is 3. The molecule has 1 aromatic rings. The van der Waals surface area contributed by atoms with Gasteiger partial charge in [0.15, 0.2) is 0 Å². The standard InChI is InChI=1S/C12H19NO6P2/c1-2-8-3-4-9-6-11(7-10(9)5-8)13-12(20(14,15)16)21(17,18)19/h3-5,11-13H,2,6-7H2,1H3,(H2,14,15,16)(H2,17,18,19). The molecule has 1 aliphatic carbocycles. The molecule has 0 bridgehead atoms. The van der Waals surface area contributed by atoms with Crippen molar-refractivity contribution in [2.24, 2.45) is 0 Å². The molecule has 1 aliphatic rings. The number of nitrogens with one attached hydrogen (secondary N) is 1. The first-order valence-corrected chi connectivity index (χ1v) is 9.94. The molecule has 1 atom stereocenters. The van der Waals surface area contributed by atoms with Gasteiger partial charge in [0, 0.05) is 6.04 Å². The van der Waals surface area contributed by atoms with Gasteiger partial charge in [0.25, 0.3) is 0 Å². The minimum absolute atomic E-state index is 0.391. The van der Waals surface area contributed by atoms with Crippen LogP contribution >= 0.6 is 15.2 Å². The Balaban J connectivity index is 2.15. The average Bonchev–Trinajstić information content (AvgIpc) is 2.74. The van der Waals surface area contributed by atoms with E-state index in [-0.39, 0.29) is 0 Å². The molecule has 0 saturated carbocycles. The highest BCUT2D eigenvalue weighted by Crippen LogP contribution is 2.58. The molecule has 0 spiro atoms. The van der Waals surface area contributed by atoms with Crippen molar-refractivity contribution in [3.8, 4) is 0 Å². The van der Waals surface area contributed by atoms with Crippen molar-refractivity contribution in [2.45, 2.75) is 37.8 Å². The van der Waals surface area contributed by atoms with Crippen LogP contribution in [0.4, 0.5) is 0 Å². The van der Waals surface area contributed by atoms with Gasteiger partial charge in [-0.25, -0.2) is 0 Å². The summed E-state index contributed by atoms with van der Waals surface area (Å²) in [5.41, 5.74) is 1.12. The van der Waals surface area contributed by atoms with Crippen LogP contribution in [-0.2, 0) is 28.4 Å². The van der Waals surface area contributed by atoms with Gasteiger partial charge in [0.2, 0.25) is 5.52 Å². The third-order valence-corrected chi connectivity index (χ3v) is 7.01. The first-order valence-electron chi connectivity index (χ1n) is 6.58. The van der Waals surface area contributed by atoms with Crippen molar-refractivity contribution in [1.29, 1.82) is 0 Å². The van der Waals surface area contributed by atoms with Crippen LogP contribution in [0.1, 0.15) is 23.6 Å². The normalized spacial score (nSPS) is 19.0. The number of benzene rings is 1. The van der Waals surface area contributed by atoms with Gasteiger partial charge in [-0.1, -0.05) is 25.1 Å². The third-order valence-electron chi connectivity index (χ3n) is 3.63. The third kappa shape index (κ3) is 4.02. The van der Waals surface area contributed by atoms with Gasteiger partial charge in [-0.2, -0.15) is 0 Å². The molecule has 5 N–H and O–H groups in total.